The number of nitrogens with zero attached hydrogens (tertiary/aromatic N) is 3. The zero-order chi connectivity index (χ0) is 23.5. The zero-order valence-corrected chi connectivity index (χ0v) is 19.3. The smallest absolute Gasteiger partial charge is 0.192 e. The van der Waals surface area contributed by atoms with Crippen LogP contribution in [0.15, 0.2) is 71.8 Å². The van der Waals surface area contributed by atoms with Crippen molar-refractivity contribution in [3.8, 4) is 34.0 Å². The van der Waals surface area contributed by atoms with Crippen molar-refractivity contribution in [1.29, 1.82) is 0 Å². The van der Waals surface area contributed by atoms with E-state index in [1.165, 1.54) is 0 Å². The van der Waals surface area contributed by atoms with Gasteiger partial charge in [-0.2, -0.15) is 5.10 Å². The molecule has 0 saturated carbocycles. The monoisotopic (exact) mass is 441 g/mol. The summed E-state index contributed by atoms with van der Waals surface area (Å²) in [5, 5.41) is 14.0. The van der Waals surface area contributed by atoms with Crippen LogP contribution in [0.1, 0.15) is 29.6 Å². The van der Waals surface area contributed by atoms with Gasteiger partial charge < -0.3 is 14.3 Å². The molecule has 168 valence electrons. The Morgan fingerprint density at radius 2 is 2.00 bits per heavy atom. The number of methoxy groups -OCH3 is 1. The number of aryl methyl sites for hydroxylation is 2. The number of oxazole rings is 1. The van der Waals surface area contributed by atoms with Gasteiger partial charge in [0.1, 0.15) is 11.4 Å². The fourth-order valence-electron chi connectivity index (χ4n) is 3.85. The molecule has 0 fully saturated rings. The summed E-state index contributed by atoms with van der Waals surface area (Å²) in [6.45, 7) is 9.63. The molecule has 0 unspecified atom stereocenters. The molecule has 2 heterocycles. The third-order valence-corrected chi connectivity index (χ3v) is 5.57. The van der Waals surface area contributed by atoms with Crippen LogP contribution in [0.2, 0.25) is 0 Å². The highest BCUT2D eigenvalue weighted by molar-refractivity contribution is 5.85. The fraction of sp³-hybridized carbons (Fsp3) is 0.185. The average Bonchev–Trinajstić information content (AvgIpc) is 3.47. The van der Waals surface area contributed by atoms with Crippen LogP contribution in [0.25, 0.3) is 33.8 Å². The number of hydrogen-bond donors (Lipinski definition) is 1. The van der Waals surface area contributed by atoms with Crippen molar-refractivity contribution in [1.82, 2.24) is 14.8 Å². The van der Waals surface area contributed by atoms with Crippen molar-refractivity contribution in [2.24, 2.45) is 0 Å². The number of rotatable bonds is 7. The number of aliphatic hydroxyl groups is 1. The van der Waals surface area contributed by atoms with E-state index in [1.807, 2.05) is 69.5 Å². The van der Waals surface area contributed by atoms with Crippen LogP contribution in [0.5, 0.6) is 5.75 Å². The van der Waals surface area contributed by atoms with Crippen LogP contribution in [-0.4, -0.2) is 27.0 Å². The standard InChI is InChI=1S/C27H27N3O3/c1-6-19(7-2)20-10-11-24(30-13-12-22(16-31)29-30)23(14-20)27-26(28-18(4)33-27)21-9-8-17(3)25(15-21)32-5/h6-15,31H,1,16H2,2-5H3/b19-7+. The van der Waals surface area contributed by atoms with Crippen molar-refractivity contribution >= 4 is 5.57 Å². The first-order chi connectivity index (χ1) is 16.0. The Hall–Kier alpha value is -3.90. The van der Waals surface area contributed by atoms with Gasteiger partial charge in [-0.1, -0.05) is 36.9 Å². The zero-order valence-electron chi connectivity index (χ0n) is 19.3. The van der Waals surface area contributed by atoms with Gasteiger partial charge in [0.05, 0.1) is 25.1 Å². The Kier molecular flexibility index (Phi) is 6.29. The van der Waals surface area contributed by atoms with E-state index in [9.17, 15) is 5.11 Å². The van der Waals surface area contributed by atoms with Gasteiger partial charge in [-0.15, -0.1) is 0 Å². The molecule has 4 rings (SSSR count). The molecule has 4 aromatic rings. The summed E-state index contributed by atoms with van der Waals surface area (Å²) in [5.74, 6) is 1.98. The predicted octanol–water partition coefficient (Wildman–Crippen LogP) is 5.90. The number of hydrogen-bond acceptors (Lipinski definition) is 5. The number of benzene rings is 2. The number of aliphatic hydroxyl groups excluding tert-OH is 1. The van der Waals surface area contributed by atoms with E-state index in [2.05, 4.69) is 17.7 Å². The lowest BCUT2D eigenvalue weighted by Crippen LogP contribution is -2.00. The second-order valence-electron chi connectivity index (χ2n) is 7.68. The van der Waals surface area contributed by atoms with Crippen molar-refractivity contribution in [3.05, 3.63) is 90.1 Å². The number of allylic oxidation sites excluding steroid dienone is 3. The average molecular weight is 442 g/mol. The maximum absolute atomic E-state index is 9.50. The molecule has 2 aromatic heterocycles. The van der Waals surface area contributed by atoms with Gasteiger partial charge in [0.2, 0.25) is 0 Å². The Bertz CT molecular complexity index is 1340. The molecule has 0 aliphatic heterocycles. The summed E-state index contributed by atoms with van der Waals surface area (Å²) in [7, 11) is 1.66. The van der Waals surface area contributed by atoms with Crippen LogP contribution in [0, 0.1) is 13.8 Å². The first kappa shape index (κ1) is 22.3. The van der Waals surface area contributed by atoms with Gasteiger partial charge in [0.15, 0.2) is 11.7 Å². The molecule has 2 aromatic carbocycles. The summed E-state index contributed by atoms with van der Waals surface area (Å²) < 4.78 is 13.4. The quantitative estimate of drug-likeness (QED) is 0.361. The fourth-order valence-corrected chi connectivity index (χ4v) is 3.85. The van der Waals surface area contributed by atoms with Gasteiger partial charge in [0.25, 0.3) is 0 Å². The lowest BCUT2D eigenvalue weighted by Gasteiger charge is -2.13. The van der Waals surface area contributed by atoms with Gasteiger partial charge in [-0.05, 0) is 54.8 Å². The van der Waals surface area contributed by atoms with Gasteiger partial charge in [-0.25, -0.2) is 9.67 Å². The highest BCUT2D eigenvalue weighted by Crippen LogP contribution is 2.39. The van der Waals surface area contributed by atoms with Crippen LogP contribution < -0.4 is 4.74 Å². The van der Waals surface area contributed by atoms with E-state index in [-0.39, 0.29) is 6.61 Å². The first-order valence-corrected chi connectivity index (χ1v) is 10.7. The minimum absolute atomic E-state index is 0.130. The SMILES string of the molecule is C=C/C(=C\C)c1ccc(-n2ccc(CO)n2)c(-c2oc(C)nc2-c2ccc(C)c(OC)c2)c1. The van der Waals surface area contributed by atoms with Crippen molar-refractivity contribution in [2.45, 2.75) is 27.4 Å². The summed E-state index contributed by atoms with van der Waals surface area (Å²) in [5.41, 5.74) is 6.90. The summed E-state index contributed by atoms with van der Waals surface area (Å²) in [6.07, 6.45) is 5.67. The number of aromatic nitrogens is 3. The molecule has 0 bridgehead atoms. The molecule has 0 spiro atoms. The van der Waals surface area contributed by atoms with Crippen molar-refractivity contribution in [3.63, 3.8) is 0 Å². The lowest BCUT2D eigenvalue weighted by molar-refractivity contribution is 0.276. The Morgan fingerprint density at radius 3 is 2.67 bits per heavy atom. The molecule has 1 N–H and O–H groups in total. The Balaban J connectivity index is 1.97. The van der Waals surface area contributed by atoms with Crippen molar-refractivity contribution in [2.75, 3.05) is 7.11 Å². The van der Waals surface area contributed by atoms with Crippen LogP contribution >= 0.6 is 0 Å². The van der Waals surface area contributed by atoms with Gasteiger partial charge in [-0.3, -0.25) is 0 Å². The topological polar surface area (TPSA) is 73.3 Å². The van der Waals surface area contributed by atoms with E-state index in [1.54, 1.807) is 17.9 Å². The summed E-state index contributed by atoms with van der Waals surface area (Å²) in [6, 6.07) is 13.9. The van der Waals surface area contributed by atoms with Crippen LogP contribution in [0.4, 0.5) is 0 Å². The van der Waals surface area contributed by atoms with E-state index in [4.69, 9.17) is 14.1 Å². The minimum atomic E-state index is -0.130. The van der Waals surface area contributed by atoms with Gasteiger partial charge >= 0.3 is 0 Å². The molecular weight excluding hydrogens is 414 g/mol. The third-order valence-electron chi connectivity index (χ3n) is 5.57. The van der Waals surface area contributed by atoms with Gasteiger partial charge in [0, 0.05) is 24.2 Å². The van der Waals surface area contributed by atoms with E-state index < -0.39 is 0 Å². The van der Waals surface area contributed by atoms with E-state index in [0.717, 1.165) is 45.0 Å². The molecule has 0 aliphatic carbocycles. The van der Waals surface area contributed by atoms with E-state index in [0.29, 0.717) is 17.3 Å². The van der Waals surface area contributed by atoms with E-state index >= 15 is 0 Å². The summed E-state index contributed by atoms with van der Waals surface area (Å²) in [4.78, 5) is 4.71. The minimum Gasteiger partial charge on any atom is -0.496 e. The second-order valence-corrected chi connectivity index (χ2v) is 7.68. The third kappa shape index (κ3) is 4.25. The second kappa shape index (κ2) is 9.30. The summed E-state index contributed by atoms with van der Waals surface area (Å²) >= 11 is 0. The number of ether oxygens (including phenoxy) is 1. The molecule has 0 saturated heterocycles. The maximum Gasteiger partial charge on any atom is 0.192 e. The largest absolute Gasteiger partial charge is 0.496 e. The van der Waals surface area contributed by atoms with Crippen LogP contribution in [-0.2, 0) is 6.61 Å². The highest BCUT2D eigenvalue weighted by atomic mass is 16.5. The first-order valence-electron chi connectivity index (χ1n) is 10.7. The lowest BCUT2D eigenvalue weighted by atomic mass is 9.98. The molecule has 33 heavy (non-hydrogen) atoms. The molecule has 6 heteroatoms. The van der Waals surface area contributed by atoms with Crippen molar-refractivity contribution < 1.29 is 14.3 Å². The molecule has 0 radical (unpaired) electrons. The molecule has 6 nitrogen and oxygen atoms in total. The Labute approximate surface area is 193 Å². The van der Waals surface area contributed by atoms with Crippen LogP contribution in [0.3, 0.4) is 0 Å². The Morgan fingerprint density at radius 1 is 1.18 bits per heavy atom. The highest BCUT2D eigenvalue weighted by Gasteiger charge is 2.21. The molecular formula is C27H27N3O3. The molecule has 0 amide bonds. The molecule has 0 atom stereocenters. The molecule has 0 aliphatic rings. The normalized spacial score (nSPS) is 11.6. The maximum atomic E-state index is 9.50. The predicted molar refractivity (Wildman–Crippen MR) is 130 cm³/mol.